The highest BCUT2D eigenvalue weighted by atomic mass is 35.5. The van der Waals surface area contributed by atoms with Crippen LogP contribution in [-0.2, 0) is 5.41 Å². The Morgan fingerprint density at radius 1 is 1.23 bits per heavy atom. The summed E-state index contributed by atoms with van der Waals surface area (Å²) in [4.78, 5) is 4.20. The van der Waals surface area contributed by atoms with Gasteiger partial charge in [-0.2, -0.15) is 0 Å². The van der Waals surface area contributed by atoms with E-state index in [4.69, 9.17) is 35.4 Å². The van der Waals surface area contributed by atoms with Gasteiger partial charge in [0.15, 0.2) is 10.9 Å². The number of aromatic nitrogens is 1. The summed E-state index contributed by atoms with van der Waals surface area (Å²) >= 11 is 17.7. The molecule has 1 aromatic carbocycles. The maximum atomic E-state index is 13.3. The molecule has 0 radical (unpaired) electrons. The normalized spacial score (nSPS) is 15.7. The van der Waals surface area contributed by atoms with Gasteiger partial charge in [-0.3, -0.25) is 0 Å². The highest BCUT2D eigenvalue weighted by Gasteiger charge is 2.35. The van der Waals surface area contributed by atoms with Crippen molar-refractivity contribution >= 4 is 46.4 Å². The number of pyridine rings is 1. The zero-order valence-corrected chi connectivity index (χ0v) is 16.7. The van der Waals surface area contributed by atoms with Crippen molar-refractivity contribution in [1.29, 1.82) is 0 Å². The average molecular weight is 412 g/mol. The number of hydrogen-bond acceptors (Lipinski definition) is 2. The first kappa shape index (κ1) is 19.3. The van der Waals surface area contributed by atoms with E-state index in [-0.39, 0.29) is 11.2 Å². The second-order valence-electron chi connectivity index (χ2n) is 6.70. The lowest BCUT2D eigenvalue weighted by molar-refractivity contribution is 0.434. The summed E-state index contributed by atoms with van der Waals surface area (Å²) in [5.74, 6) is 0.263. The van der Waals surface area contributed by atoms with Crippen molar-refractivity contribution in [2.75, 3.05) is 11.9 Å². The Morgan fingerprint density at radius 3 is 2.54 bits per heavy atom. The largest absolute Gasteiger partial charge is 0.362 e. The first-order valence-electron chi connectivity index (χ1n) is 8.53. The molecule has 1 aromatic heterocycles. The predicted octanol–water partition coefficient (Wildman–Crippen LogP) is 5.63. The van der Waals surface area contributed by atoms with Crippen molar-refractivity contribution in [3.05, 3.63) is 57.5 Å². The summed E-state index contributed by atoms with van der Waals surface area (Å²) in [7, 11) is 0. The molecule has 0 amide bonds. The summed E-state index contributed by atoms with van der Waals surface area (Å²) < 4.78 is 13.3. The van der Waals surface area contributed by atoms with Gasteiger partial charge in [-0.15, -0.1) is 0 Å². The Balaban J connectivity index is 1.69. The second-order valence-corrected chi connectivity index (χ2v) is 7.89. The van der Waals surface area contributed by atoms with Crippen LogP contribution in [0.1, 0.15) is 36.8 Å². The van der Waals surface area contributed by atoms with E-state index in [9.17, 15) is 4.39 Å². The minimum Gasteiger partial charge on any atom is -0.362 e. The van der Waals surface area contributed by atoms with Gasteiger partial charge in [0.2, 0.25) is 0 Å². The molecule has 1 saturated carbocycles. The third kappa shape index (κ3) is 4.11. The molecule has 1 heterocycles. The summed E-state index contributed by atoms with van der Waals surface area (Å²) in [5, 5.41) is 7.74. The Bertz CT molecular complexity index is 805. The van der Waals surface area contributed by atoms with Crippen LogP contribution >= 0.6 is 35.4 Å². The molecule has 0 saturated heterocycles. The van der Waals surface area contributed by atoms with E-state index in [2.05, 4.69) is 15.6 Å². The molecule has 0 unspecified atom stereocenters. The number of hydrogen-bond donors (Lipinski definition) is 2. The monoisotopic (exact) mass is 411 g/mol. The van der Waals surface area contributed by atoms with Crippen molar-refractivity contribution < 1.29 is 4.39 Å². The molecule has 3 rings (SSSR count). The van der Waals surface area contributed by atoms with Crippen molar-refractivity contribution in [1.82, 2.24) is 10.3 Å². The van der Waals surface area contributed by atoms with Crippen molar-refractivity contribution in [2.24, 2.45) is 0 Å². The predicted molar refractivity (Wildman–Crippen MR) is 110 cm³/mol. The maximum Gasteiger partial charge on any atom is 0.172 e. The van der Waals surface area contributed by atoms with Crippen LogP contribution in [0.15, 0.2) is 30.5 Å². The van der Waals surface area contributed by atoms with Gasteiger partial charge in [0.25, 0.3) is 0 Å². The molecular weight excluding hydrogens is 392 g/mol. The molecule has 0 aliphatic heterocycles. The molecule has 3 nitrogen and oxygen atoms in total. The fourth-order valence-corrected chi connectivity index (χ4v) is 4.03. The maximum absolute atomic E-state index is 13.3. The number of thiocarbonyl (C=S) groups is 1. The lowest BCUT2D eigenvalue weighted by Crippen LogP contribution is -2.41. The number of benzene rings is 1. The molecule has 1 aliphatic carbocycles. The fourth-order valence-electron chi connectivity index (χ4n) is 3.47. The van der Waals surface area contributed by atoms with Gasteiger partial charge in [-0.1, -0.05) is 48.2 Å². The van der Waals surface area contributed by atoms with Crippen LogP contribution in [0.3, 0.4) is 0 Å². The number of nitrogens with one attached hydrogen (secondary N) is 2. The SMILES string of the molecule is Cc1c(Cl)cnc(NC(=S)NCC2(c3ccc(F)cc3)CCCC2)c1Cl. The first-order valence-corrected chi connectivity index (χ1v) is 9.69. The highest BCUT2D eigenvalue weighted by Crippen LogP contribution is 2.40. The lowest BCUT2D eigenvalue weighted by atomic mass is 9.79. The molecule has 2 aromatic rings. The lowest BCUT2D eigenvalue weighted by Gasteiger charge is -2.30. The molecule has 0 spiro atoms. The van der Waals surface area contributed by atoms with E-state index in [1.807, 2.05) is 19.1 Å². The first-order chi connectivity index (χ1) is 12.4. The smallest absolute Gasteiger partial charge is 0.172 e. The zero-order chi connectivity index (χ0) is 18.7. The number of rotatable bonds is 4. The molecule has 0 bridgehead atoms. The molecule has 1 aliphatic rings. The Morgan fingerprint density at radius 2 is 1.88 bits per heavy atom. The van der Waals surface area contributed by atoms with Gasteiger partial charge in [0.05, 0.1) is 10.0 Å². The summed E-state index contributed by atoms with van der Waals surface area (Å²) in [6.45, 7) is 2.50. The van der Waals surface area contributed by atoms with Gasteiger partial charge >= 0.3 is 0 Å². The van der Waals surface area contributed by atoms with Crippen LogP contribution in [0.5, 0.6) is 0 Å². The van der Waals surface area contributed by atoms with E-state index in [1.165, 1.54) is 12.1 Å². The van der Waals surface area contributed by atoms with Gasteiger partial charge < -0.3 is 10.6 Å². The standard InChI is InChI=1S/C19H20Cl2FN3S/c1-12-15(20)10-23-17(16(12)21)25-18(26)24-11-19(8-2-3-9-19)13-4-6-14(22)7-5-13/h4-7,10H,2-3,8-9,11H2,1H3,(H2,23,24,25,26). The third-order valence-corrected chi connectivity index (χ3v) is 6.13. The Labute approximate surface area is 168 Å². The molecule has 1 fully saturated rings. The summed E-state index contributed by atoms with van der Waals surface area (Å²) in [6, 6.07) is 6.79. The minimum absolute atomic E-state index is 0.0351. The number of nitrogens with zero attached hydrogens (tertiary/aromatic N) is 1. The van der Waals surface area contributed by atoms with Crippen LogP contribution < -0.4 is 10.6 Å². The van der Waals surface area contributed by atoms with E-state index >= 15 is 0 Å². The highest BCUT2D eigenvalue weighted by molar-refractivity contribution is 7.80. The van der Waals surface area contributed by atoms with Crippen molar-refractivity contribution in [2.45, 2.75) is 38.0 Å². The van der Waals surface area contributed by atoms with Gasteiger partial charge in [0, 0.05) is 18.2 Å². The fraction of sp³-hybridized carbons (Fsp3) is 0.368. The topological polar surface area (TPSA) is 37.0 Å². The van der Waals surface area contributed by atoms with Crippen LogP contribution in [-0.4, -0.2) is 16.6 Å². The van der Waals surface area contributed by atoms with E-state index < -0.39 is 0 Å². The Kier molecular flexibility index (Phi) is 6.00. The molecule has 0 atom stereocenters. The van der Waals surface area contributed by atoms with Crippen LogP contribution in [0.25, 0.3) is 0 Å². The summed E-state index contributed by atoms with van der Waals surface area (Å²) in [6.07, 6.45) is 5.96. The average Bonchev–Trinajstić information content (AvgIpc) is 3.11. The minimum atomic E-state index is -0.217. The van der Waals surface area contributed by atoms with E-state index in [0.717, 1.165) is 36.8 Å². The zero-order valence-electron chi connectivity index (χ0n) is 14.4. The second kappa shape index (κ2) is 8.07. The van der Waals surface area contributed by atoms with Crippen molar-refractivity contribution in [3.63, 3.8) is 0 Å². The van der Waals surface area contributed by atoms with Gasteiger partial charge in [-0.25, -0.2) is 9.37 Å². The number of anilines is 1. The third-order valence-electron chi connectivity index (χ3n) is 5.04. The molecular formula is C19H20Cl2FN3S. The molecule has 138 valence electrons. The van der Waals surface area contributed by atoms with Gasteiger partial charge in [0.1, 0.15) is 5.82 Å². The van der Waals surface area contributed by atoms with Crippen molar-refractivity contribution in [3.8, 4) is 0 Å². The van der Waals surface area contributed by atoms with E-state index in [0.29, 0.717) is 27.5 Å². The molecule has 26 heavy (non-hydrogen) atoms. The molecule has 7 heteroatoms. The van der Waals surface area contributed by atoms with Gasteiger partial charge in [-0.05, 0) is 55.2 Å². The van der Waals surface area contributed by atoms with E-state index in [1.54, 1.807) is 6.20 Å². The van der Waals surface area contributed by atoms with Crippen LogP contribution in [0.4, 0.5) is 10.2 Å². The quantitative estimate of drug-likeness (QED) is 0.638. The summed E-state index contributed by atoms with van der Waals surface area (Å²) in [5.41, 5.74) is 1.87. The number of halogens is 3. The van der Waals surface area contributed by atoms with Crippen LogP contribution in [0, 0.1) is 12.7 Å². The van der Waals surface area contributed by atoms with Crippen LogP contribution in [0.2, 0.25) is 10.0 Å². The molecule has 2 N–H and O–H groups in total. The Hall–Kier alpha value is -1.43.